The molecule has 1 atom stereocenters. The van der Waals surface area contributed by atoms with Crippen molar-refractivity contribution in [2.75, 3.05) is 39.2 Å². The number of likely N-dealkylation sites (tertiary alicyclic amines) is 1. The van der Waals surface area contributed by atoms with Gasteiger partial charge in [0.1, 0.15) is 18.0 Å². The summed E-state index contributed by atoms with van der Waals surface area (Å²) in [5.41, 5.74) is 6.24. The first-order valence-electron chi connectivity index (χ1n) is 15.5. The number of halogens is 1. The van der Waals surface area contributed by atoms with Crippen molar-refractivity contribution in [3.8, 4) is 22.6 Å². The van der Waals surface area contributed by atoms with Crippen molar-refractivity contribution in [2.45, 2.75) is 57.7 Å². The Bertz CT molecular complexity index is 1800. The van der Waals surface area contributed by atoms with E-state index in [0.717, 1.165) is 21.6 Å². The SMILES string of the molecule is COc1ccc2c(c1)CCN(C1CCN(C(=O)Cn3cc(-c4cccc(OC)c4Cl)c(=O)n([C@@H](C)CCC(N)=O)c3=O)CC1)C(=O)N2. The van der Waals surface area contributed by atoms with Crippen molar-refractivity contribution in [1.29, 1.82) is 0 Å². The number of nitrogens with two attached hydrogens (primary N) is 1. The predicted octanol–water partition coefficient (Wildman–Crippen LogP) is 3.26. The quantitative estimate of drug-likeness (QED) is 0.336. The standard InChI is InChI=1S/C33H39ClN6O7/c1-20(7-10-28(35)41)40-31(43)25(24-5-4-6-27(47-3)30(24)34)18-38(33(40)45)19-29(42)37-14-12-22(13-15-37)39-16-11-21-17-23(46-2)8-9-26(21)36-32(39)44/h4-6,8-9,17-18,20,22H,7,10-16,19H2,1-3H3,(H2,35,41)(H,36,44)/t20-/m0/s1. The van der Waals surface area contributed by atoms with Gasteiger partial charge in [0.2, 0.25) is 11.8 Å². The Labute approximate surface area is 276 Å². The fourth-order valence-corrected chi connectivity index (χ4v) is 6.55. The summed E-state index contributed by atoms with van der Waals surface area (Å²) < 4.78 is 12.9. The average Bonchev–Trinajstić information content (AvgIpc) is 3.22. The molecule has 3 aromatic rings. The molecule has 250 valence electrons. The van der Waals surface area contributed by atoms with Crippen molar-refractivity contribution >= 4 is 35.1 Å². The molecular weight excluding hydrogens is 628 g/mol. The number of piperidine rings is 1. The lowest BCUT2D eigenvalue weighted by Gasteiger charge is -2.38. The molecule has 14 heteroatoms. The second kappa shape index (κ2) is 14.3. The lowest BCUT2D eigenvalue weighted by Crippen LogP contribution is -2.51. The number of benzene rings is 2. The van der Waals surface area contributed by atoms with Crippen LogP contribution in [0.4, 0.5) is 10.5 Å². The van der Waals surface area contributed by atoms with Crippen LogP contribution < -0.4 is 31.8 Å². The van der Waals surface area contributed by atoms with Crippen molar-refractivity contribution < 1.29 is 23.9 Å². The van der Waals surface area contributed by atoms with Gasteiger partial charge in [-0.2, -0.15) is 0 Å². The molecular formula is C33H39ClN6O7. The molecule has 47 heavy (non-hydrogen) atoms. The van der Waals surface area contributed by atoms with Crippen molar-refractivity contribution in [3.63, 3.8) is 0 Å². The number of methoxy groups -OCH3 is 2. The summed E-state index contributed by atoms with van der Waals surface area (Å²) in [5.74, 6) is 0.211. The van der Waals surface area contributed by atoms with Gasteiger partial charge in [-0.25, -0.2) is 9.59 Å². The first kappa shape index (κ1) is 33.6. The van der Waals surface area contributed by atoms with E-state index in [4.69, 9.17) is 26.8 Å². The van der Waals surface area contributed by atoms with Crippen LogP contribution in [0.3, 0.4) is 0 Å². The zero-order valence-electron chi connectivity index (χ0n) is 26.7. The molecule has 0 spiro atoms. The van der Waals surface area contributed by atoms with Crippen LogP contribution in [0.25, 0.3) is 11.1 Å². The van der Waals surface area contributed by atoms with E-state index in [1.807, 2.05) is 23.1 Å². The highest BCUT2D eigenvalue weighted by Crippen LogP contribution is 2.34. The minimum Gasteiger partial charge on any atom is -0.497 e. The number of hydrogen-bond donors (Lipinski definition) is 2. The molecule has 4 amide bonds. The third-order valence-electron chi connectivity index (χ3n) is 8.91. The summed E-state index contributed by atoms with van der Waals surface area (Å²) in [7, 11) is 3.06. The molecule has 1 aromatic heterocycles. The van der Waals surface area contributed by atoms with E-state index in [9.17, 15) is 24.0 Å². The fraction of sp³-hybridized carbons (Fsp3) is 0.424. The molecule has 0 saturated carbocycles. The summed E-state index contributed by atoms with van der Waals surface area (Å²) in [4.78, 5) is 69.1. The van der Waals surface area contributed by atoms with Crippen LogP contribution in [0, 0.1) is 0 Å². The maximum absolute atomic E-state index is 13.7. The summed E-state index contributed by atoms with van der Waals surface area (Å²) in [6.45, 7) is 2.65. The van der Waals surface area contributed by atoms with Crippen molar-refractivity contribution in [2.24, 2.45) is 5.73 Å². The average molecular weight is 667 g/mol. The van der Waals surface area contributed by atoms with Crippen molar-refractivity contribution in [3.05, 3.63) is 74.0 Å². The summed E-state index contributed by atoms with van der Waals surface area (Å²) in [6, 6.07) is 9.61. The third kappa shape index (κ3) is 7.14. The fourth-order valence-electron chi connectivity index (χ4n) is 6.24. The number of carbonyl (C=O) groups is 3. The predicted molar refractivity (Wildman–Crippen MR) is 177 cm³/mol. The number of anilines is 1. The zero-order chi connectivity index (χ0) is 33.8. The Hall–Kier alpha value is -4.78. The second-order valence-corrected chi connectivity index (χ2v) is 12.2. The normalized spacial score (nSPS) is 15.8. The van der Waals surface area contributed by atoms with Gasteiger partial charge in [0, 0.05) is 55.6 Å². The minimum atomic E-state index is -0.685. The molecule has 5 rings (SSSR count). The van der Waals surface area contributed by atoms with Crippen LogP contribution in [0.2, 0.25) is 5.02 Å². The van der Waals surface area contributed by atoms with E-state index in [-0.39, 0.29) is 48.0 Å². The number of ether oxygens (including phenoxy) is 2. The number of fused-ring (bicyclic) bond motifs is 1. The zero-order valence-corrected chi connectivity index (χ0v) is 27.4. The maximum Gasteiger partial charge on any atom is 0.331 e. The number of primary amides is 1. The minimum absolute atomic E-state index is 0.0274. The lowest BCUT2D eigenvalue weighted by atomic mass is 10.0. The number of nitrogens with one attached hydrogen (secondary N) is 1. The van der Waals surface area contributed by atoms with Gasteiger partial charge in [0.15, 0.2) is 0 Å². The molecule has 0 aliphatic carbocycles. The first-order valence-corrected chi connectivity index (χ1v) is 15.9. The molecule has 3 N–H and O–H groups in total. The second-order valence-electron chi connectivity index (χ2n) is 11.8. The number of carbonyl (C=O) groups excluding carboxylic acids is 3. The Morgan fingerprint density at radius 3 is 2.47 bits per heavy atom. The smallest absolute Gasteiger partial charge is 0.331 e. The number of aromatic nitrogens is 2. The van der Waals surface area contributed by atoms with Gasteiger partial charge in [-0.05, 0) is 62.4 Å². The van der Waals surface area contributed by atoms with Gasteiger partial charge in [0.25, 0.3) is 5.56 Å². The van der Waals surface area contributed by atoms with Crippen LogP contribution in [-0.4, -0.2) is 76.7 Å². The molecule has 2 aromatic carbocycles. The van der Waals surface area contributed by atoms with Gasteiger partial charge < -0.3 is 30.3 Å². The van der Waals surface area contributed by atoms with Crippen molar-refractivity contribution in [1.82, 2.24) is 18.9 Å². The molecule has 3 heterocycles. The molecule has 1 saturated heterocycles. The van der Waals surface area contributed by atoms with Gasteiger partial charge in [-0.15, -0.1) is 0 Å². The Morgan fingerprint density at radius 2 is 1.79 bits per heavy atom. The van der Waals surface area contributed by atoms with E-state index < -0.39 is 23.2 Å². The third-order valence-corrected chi connectivity index (χ3v) is 9.30. The summed E-state index contributed by atoms with van der Waals surface area (Å²) >= 11 is 6.57. The number of hydrogen-bond acceptors (Lipinski definition) is 7. The Morgan fingerprint density at radius 1 is 1.04 bits per heavy atom. The highest BCUT2D eigenvalue weighted by atomic mass is 35.5. The van der Waals surface area contributed by atoms with Gasteiger partial charge >= 0.3 is 11.7 Å². The van der Waals surface area contributed by atoms with E-state index in [1.54, 1.807) is 37.1 Å². The molecule has 0 radical (unpaired) electrons. The lowest BCUT2D eigenvalue weighted by molar-refractivity contribution is -0.133. The van der Waals surface area contributed by atoms with Crippen LogP contribution in [0.1, 0.15) is 44.2 Å². The van der Waals surface area contributed by atoms with E-state index in [2.05, 4.69) is 5.32 Å². The van der Waals surface area contributed by atoms with Gasteiger partial charge in [0.05, 0.1) is 24.8 Å². The topological polar surface area (TPSA) is 158 Å². The van der Waals surface area contributed by atoms with Gasteiger partial charge in [-0.1, -0.05) is 23.7 Å². The number of rotatable bonds is 10. The molecule has 2 aliphatic rings. The first-order chi connectivity index (χ1) is 22.5. The number of nitrogens with zero attached hydrogens (tertiary/aromatic N) is 4. The molecule has 13 nitrogen and oxygen atoms in total. The van der Waals surface area contributed by atoms with E-state index in [0.29, 0.717) is 50.2 Å². The summed E-state index contributed by atoms with van der Waals surface area (Å²) in [6.07, 6.45) is 3.29. The molecule has 0 unspecified atom stereocenters. The molecule has 1 fully saturated rings. The van der Waals surface area contributed by atoms with Crippen LogP contribution in [0.15, 0.2) is 52.2 Å². The monoisotopic (exact) mass is 666 g/mol. The number of amides is 4. The number of urea groups is 1. The maximum atomic E-state index is 13.7. The Kier molecular flexibility index (Phi) is 10.2. The highest BCUT2D eigenvalue weighted by Gasteiger charge is 2.32. The highest BCUT2D eigenvalue weighted by molar-refractivity contribution is 6.34. The largest absolute Gasteiger partial charge is 0.497 e. The molecule has 0 bridgehead atoms. The molecule has 2 aliphatic heterocycles. The van der Waals surface area contributed by atoms with Crippen LogP contribution in [-0.2, 0) is 22.6 Å². The van der Waals surface area contributed by atoms with Crippen LogP contribution >= 0.6 is 11.6 Å². The van der Waals surface area contributed by atoms with E-state index >= 15 is 0 Å². The summed E-state index contributed by atoms with van der Waals surface area (Å²) in [5, 5.41) is 3.18. The van der Waals surface area contributed by atoms with Crippen LogP contribution in [0.5, 0.6) is 11.5 Å². The Balaban J connectivity index is 1.35. The van der Waals surface area contributed by atoms with E-state index in [1.165, 1.54) is 17.9 Å². The van der Waals surface area contributed by atoms with Gasteiger partial charge in [-0.3, -0.25) is 23.5 Å².